The molecule has 0 bridgehead atoms. The average Bonchev–Trinajstić information content (AvgIpc) is 2.04. The van der Waals surface area contributed by atoms with Crippen molar-refractivity contribution in [2.45, 2.75) is 6.23 Å². The zero-order chi connectivity index (χ0) is 11.2. The zero-order valence-corrected chi connectivity index (χ0v) is 8.31. The highest BCUT2D eigenvalue weighted by Gasteiger charge is 2.17. The van der Waals surface area contributed by atoms with Gasteiger partial charge in [0.25, 0.3) is 10.1 Å². The van der Waals surface area contributed by atoms with Crippen molar-refractivity contribution in [3.63, 3.8) is 0 Å². The quantitative estimate of drug-likeness (QED) is 0.239. The highest BCUT2D eigenvalue weighted by Crippen LogP contribution is 1.98. The van der Waals surface area contributed by atoms with Crippen LogP contribution < -0.4 is 5.32 Å². The van der Waals surface area contributed by atoms with Gasteiger partial charge in [-0.2, -0.15) is 8.42 Å². The van der Waals surface area contributed by atoms with E-state index in [9.17, 15) is 13.5 Å². The van der Waals surface area contributed by atoms with Crippen molar-refractivity contribution in [1.82, 2.24) is 5.32 Å². The molecule has 0 fully saturated rings. The van der Waals surface area contributed by atoms with Gasteiger partial charge in [-0.3, -0.25) is 9.87 Å². The molecule has 0 aromatic rings. The maximum absolute atomic E-state index is 10.3. The molecule has 0 amide bonds. The highest BCUT2D eigenvalue weighted by atomic mass is 32.2. The molecule has 0 rings (SSSR count). The number of hydrogen-bond donors (Lipinski definition) is 5. The lowest BCUT2D eigenvalue weighted by molar-refractivity contribution is 0.0131. The molecule has 0 aliphatic rings. The van der Waals surface area contributed by atoms with E-state index in [1.54, 1.807) is 0 Å². The minimum Gasteiger partial charge on any atom is -0.396 e. The third-order valence-corrected chi connectivity index (χ3v) is 2.35. The van der Waals surface area contributed by atoms with Crippen LogP contribution in [0, 0.1) is 5.92 Å². The molecule has 0 radical (unpaired) electrons. The molecule has 7 nitrogen and oxygen atoms in total. The number of aliphatic hydroxyl groups excluding tert-OH is 3. The molecule has 0 aromatic heterocycles. The summed E-state index contributed by atoms with van der Waals surface area (Å²) in [6, 6.07) is 0. The van der Waals surface area contributed by atoms with E-state index in [4.69, 9.17) is 14.8 Å². The summed E-state index contributed by atoms with van der Waals surface area (Å²) in [7, 11) is -4.06. The molecular formula is C6H15NO6S. The second kappa shape index (κ2) is 6.27. The summed E-state index contributed by atoms with van der Waals surface area (Å²) in [6.07, 6.45) is -1.20. The summed E-state index contributed by atoms with van der Waals surface area (Å²) < 4.78 is 28.8. The number of hydrogen-bond acceptors (Lipinski definition) is 6. The SMILES string of the molecule is O=S(=O)(O)CCNC(O)C(CO)CO. The van der Waals surface area contributed by atoms with Crippen molar-refractivity contribution in [1.29, 1.82) is 0 Å². The van der Waals surface area contributed by atoms with Crippen molar-refractivity contribution in [3.8, 4) is 0 Å². The van der Waals surface area contributed by atoms with Gasteiger partial charge in [-0.25, -0.2) is 0 Å². The molecule has 5 N–H and O–H groups in total. The molecular weight excluding hydrogens is 214 g/mol. The molecule has 0 saturated carbocycles. The second-order valence-electron chi connectivity index (χ2n) is 2.81. The Balaban J connectivity index is 3.78. The fourth-order valence-electron chi connectivity index (χ4n) is 0.760. The minimum atomic E-state index is -4.06. The van der Waals surface area contributed by atoms with Crippen molar-refractivity contribution in [2.75, 3.05) is 25.5 Å². The summed E-state index contributed by atoms with van der Waals surface area (Å²) in [5, 5.41) is 28.8. The summed E-state index contributed by atoms with van der Waals surface area (Å²) >= 11 is 0. The lowest BCUT2D eigenvalue weighted by Gasteiger charge is -2.19. The maximum Gasteiger partial charge on any atom is 0.266 e. The third kappa shape index (κ3) is 6.24. The number of rotatable bonds is 7. The normalized spacial score (nSPS) is 14.6. The first-order valence-electron chi connectivity index (χ1n) is 3.99. The Bertz CT molecular complexity index is 237. The van der Waals surface area contributed by atoms with Gasteiger partial charge in [-0.05, 0) is 0 Å². The van der Waals surface area contributed by atoms with E-state index in [1.165, 1.54) is 0 Å². The predicted octanol–water partition coefficient (Wildman–Crippen LogP) is -2.62. The van der Waals surface area contributed by atoms with E-state index < -0.39 is 41.2 Å². The van der Waals surface area contributed by atoms with Crippen molar-refractivity contribution in [2.24, 2.45) is 5.92 Å². The van der Waals surface area contributed by atoms with Gasteiger partial charge >= 0.3 is 0 Å². The smallest absolute Gasteiger partial charge is 0.266 e. The van der Waals surface area contributed by atoms with Crippen LogP contribution in [0.1, 0.15) is 0 Å². The van der Waals surface area contributed by atoms with E-state index in [0.29, 0.717) is 0 Å². The minimum absolute atomic E-state index is 0.156. The molecule has 14 heavy (non-hydrogen) atoms. The molecule has 1 unspecified atom stereocenters. The van der Waals surface area contributed by atoms with Gasteiger partial charge < -0.3 is 15.3 Å². The Morgan fingerprint density at radius 3 is 2.07 bits per heavy atom. The maximum atomic E-state index is 10.3. The van der Waals surface area contributed by atoms with Gasteiger partial charge in [0.05, 0.1) is 19.0 Å². The molecule has 0 spiro atoms. The molecule has 1 atom stereocenters. The van der Waals surface area contributed by atoms with Crippen LogP contribution in [0.5, 0.6) is 0 Å². The number of aliphatic hydroxyl groups is 3. The summed E-state index contributed by atoms with van der Waals surface area (Å²) in [5.74, 6) is -1.30. The van der Waals surface area contributed by atoms with Gasteiger partial charge in [-0.1, -0.05) is 0 Å². The van der Waals surface area contributed by atoms with Crippen LogP contribution in [-0.2, 0) is 10.1 Å². The first-order valence-corrected chi connectivity index (χ1v) is 5.60. The van der Waals surface area contributed by atoms with Crippen LogP contribution in [0.15, 0.2) is 0 Å². The van der Waals surface area contributed by atoms with Gasteiger partial charge in [0, 0.05) is 12.5 Å². The second-order valence-corrected chi connectivity index (χ2v) is 4.38. The van der Waals surface area contributed by atoms with Crippen LogP contribution in [-0.4, -0.2) is 60.0 Å². The molecule has 86 valence electrons. The molecule has 0 saturated heterocycles. The largest absolute Gasteiger partial charge is 0.396 e. The van der Waals surface area contributed by atoms with Crippen molar-refractivity contribution >= 4 is 10.1 Å². The Morgan fingerprint density at radius 1 is 1.21 bits per heavy atom. The summed E-state index contributed by atoms with van der Waals surface area (Å²) in [4.78, 5) is 0. The first-order chi connectivity index (χ1) is 6.40. The van der Waals surface area contributed by atoms with E-state index in [-0.39, 0.29) is 6.54 Å². The molecule has 0 heterocycles. The Hall–Kier alpha value is -0.250. The van der Waals surface area contributed by atoms with E-state index in [0.717, 1.165) is 0 Å². The molecule has 8 heteroatoms. The van der Waals surface area contributed by atoms with E-state index in [2.05, 4.69) is 5.32 Å². The van der Waals surface area contributed by atoms with Crippen molar-refractivity contribution in [3.05, 3.63) is 0 Å². The van der Waals surface area contributed by atoms with Gasteiger partial charge in [-0.15, -0.1) is 0 Å². The first kappa shape index (κ1) is 13.8. The van der Waals surface area contributed by atoms with E-state index in [1.807, 2.05) is 0 Å². The van der Waals surface area contributed by atoms with Crippen LogP contribution in [0.2, 0.25) is 0 Å². The van der Waals surface area contributed by atoms with E-state index >= 15 is 0 Å². The lowest BCUT2D eigenvalue weighted by atomic mass is 10.1. The zero-order valence-electron chi connectivity index (χ0n) is 7.50. The van der Waals surface area contributed by atoms with Gasteiger partial charge in [0.2, 0.25) is 0 Å². The molecule has 0 aliphatic heterocycles. The fraction of sp³-hybridized carbons (Fsp3) is 1.00. The fourth-order valence-corrected chi connectivity index (χ4v) is 1.14. The Morgan fingerprint density at radius 2 is 1.71 bits per heavy atom. The van der Waals surface area contributed by atoms with Crippen molar-refractivity contribution < 1.29 is 28.3 Å². The van der Waals surface area contributed by atoms with Gasteiger partial charge in [0.15, 0.2) is 0 Å². The van der Waals surface area contributed by atoms with Crippen LogP contribution in [0.3, 0.4) is 0 Å². The average molecular weight is 229 g/mol. The monoisotopic (exact) mass is 229 g/mol. The van der Waals surface area contributed by atoms with Crippen LogP contribution in [0.25, 0.3) is 0 Å². The Labute approximate surface area is 82.1 Å². The Kier molecular flexibility index (Phi) is 6.16. The summed E-state index contributed by atoms with van der Waals surface area (Å²) in [6.45, 7) is -0.996. The topological polar surface area (TPSA) is 127 Å². The number of nitrogens with one attached hydrogen (secondary N) is 1. The third-order valence-electron chi connectivity index (χ3n) is 1.63. The van der Waals surface area contributed by atoms with Crippen LogP contribution in [0.4, 0.5) is 0 Å². The summed E-state index contributed by atoms with van der Waals surface area (Å²) in [5.41, 5.74) is 0. The van der Waals surface area contributed by atoms with Crippen LogP contribution >= 0.6 is 0 Å². The highest BCUT2D eigenvalue weighted by molar-refractivity contribution is 7.85. The standard InChI is InChI=1S/C6H15NO6S/c8-3-5(4-9)6(10)7-1-2-14(11,12)13/h5-10H,1-4H2,(H,11,12,13). The molecule has 0 aliphatic carbocycles. The van der Waals surface area contributed by atoms with Gasteiger partial charge in [0.1, 0.15) is 6.23 Å². The predicted molar refractivity (Wildman–Crippen MR) is 48.1 cm³/mol. The lowest BCUT2D eigenvalue weighted by Crippen LogP contribution is -2.41. The molecule has 0 aromatic carbocycles.